The van der Waals surface area contributed by atoms with E-state index in [-0.39, 0.29) is 10.8 Å². The molecule has 0 saturated carbocycles. The van der Waals surface area contributed by atoms with Crippen molar-refractivity contribution in [3.05, 3.63) is 34.6 Å². The molecule has 0 spiro atoms. The van der Waals surface area contributed by atoms with Crippen LogP contribution in [0.3, 0.4) is 0 Å². The van der Waals surface area contributed by atoms with Crippen molar-refractivity contribution in [3.63, 3.8) is 0 Å². The van der Waals surface area contributed by atoms with Crippen LogP contribution in [0.4, 0.5) is 4.39 Å². The second-order valence-corrected chi connectivity index (χ2v) is 5.56. The Morgan fingerprint density at radius 1 is 1.50 bits per heavy atom. The lowest BCUT2D eigenvalue weighted by atomic mass is 10.1. The van der Waals surface area contributed by atoms with Gasteiger partial charge in [0.2, 0.25) is 0 Å². The number of benzene rings is 1. The third-order valence-electron chi connectivity index (χ3n) is 3.53. The van der Waals surface area contributed by atoms with E-state index < -0.39 is 0 Å². The van der Waals surface area contributed by atoms with Crippen molar-refractivity contribution in [3.8, 4) is 0 Å². The molecule has 1 fully saturated rings. The molecule has 1 unspecified atom stereocenters. The number of hydrogen-bond donors (Lipinski definition) is 1. The zero-order valence-corrected chi connectivity index (χ0v) is 12.6. The summed E-state index contributed by atoms with van der Waals surface area (Å²) >= 11 is 5.72. The number of nitrogens with one attached hydrogen (secondary N) is 1. The number of halogens is 2. The van der Waals surface area contributed by atoms with E-state index in [1.54, 1.807) is 6.07 Å². The lowest BCUT2D eigenvalue weighted by Crippen LogP contribution is -2.49. The molecule has 0 radical (unpaired) electrons. The summed E-state index contributed by atoms with van der Waals surface area (Å²) in [7, 11) is 0. The molecule has 1 aliphatic heterocycles. The molecule has 0 bridgehead atoms. The zero-order valence-electron chi connectivity index (χ0n) is 11.9. The molecule has 1 aromatic rings. The zero-order chi connectivity index (χ0) is 14.4. The highest BCUT2D eigenvalue weighted by Gasteiger charge is 2.22. The van der Waals surface area contributed by atoms with Crippen molar-refractivity contribution in [1.82, 2.24) is 10.2 Å². The maximum absolute atomic E-state index is 13.5. The number of ether oxygens (including phenoxy) is 1. The Kier molecular flexibility index (Phi) is 6.23. The third kappa shape index (κ3) is 4.42. The molecule has 1 aliphatic rings. The Labute approximate surface area is 125 Å². The maximum Gasteiger partial charge on any atom is 0.142 e. The Bertz CT molecular complexity index is 430. The van der Waals surface area contributed by atoms with Gasteiger partial charge >= 0.3 is 0 Å². The minimum Gasteiger partial charge on any atom is -0.378 e. The highest BCUT2D eigenvalue weighted by Crippen LogP contribution is 2.18. The smallest absolute Gasteiger partial charge is 0.142 e. The van der Waals surface area contributed by atoms with E-state index >= 15 is 0 Å². The molecule has 1 atom stereocenters. The minimum absolute atomic E-state index is 0.178. The first kappa shape index (κ1) is 15.7. The molecule has 0 aliphatic carbocycles. The van der Waals surface area contributed by atoms with Crippen LogP contribution in [0, 0.1) is 5.82 Å². The first-order chi connectivity index (χ1) is 9.70. The van der Waals surface area contributed by atoms with Crippen LogP contribution in [-0.2, 0) is 11.3 Å². The monoisotopic (exact) mass is 300 g/mol. The lowest BCUT2D eigenvalue weighted by molar-refractivity contribution is -0.0109. The van der Waals surface area contributed by atoms with Gasteiger partial charge in [-0.05, 0) is 30.7 Å². The van der Waals surface area contributed by atoms with Crippen molar-refractivity contribution < 1.29 is 9.13 Å². The fourth-order valence-corrected chi connectivity index (χ4v) is 2.52. The van der Waals surface area contributed by atoms with Gasteiger partial charge in [-0.25, -0.2) is 4.39 Å². The van der Waals surface area contributed by atoms with Gasteiger partial charge in [0.25, 0.3) is 0 Å². The Hall–Kier alpha value is -0.680. The molecule has 5 heteroatoms. The summed E-state index contributed by atoms with van der Waals surface area (Å²) in [5.41, 5.74) is 0.953. The number of hydrogen-bond acceptors (Lipinski definition) is 3. The van der Waals surface area contributed by atoms with E-state index in [4.69, 9.17) is 16.3 Å². The fourth-order valence-electron chi connectivity index (χ4n) is 2.40. The van der Waals surface area contributed by atoms with Gasteiger partial charge in [0.15, 0.2) is 0 Å². The van der Waals surface area contributed by atoms with E-state index in [9.17, 15) is 4.39 Å². The van der Waals surface area contributed by atoms with Gasteiger partial charge in [0, 0.05) is 25.7 Å². The van der Waals surface area contributed by atoms with Crippen LogP contribution < -0.4 is 5.32 Å². The summed E-state index contributed by atoms with van der Waals surface area (Å²) in [6, 6.07) is 5.37. The van der Waals surface area contributed by atoms with Crippen molar-refractivity contribution in [2.75, 3.05) is 32.8 Å². The van der Waals surface area contributed by atoms with E-state index in [1.165, 1.54) is 6.07 Å². The van der Waals surface area contributed by atoms with Gasteiger partial charge in [0.1, 0.15) is 5.82 Å². The number of morpholine rings is 1. The van der Waals surface area contributed by atoms with Gasteiger partial charge in [0.05, 0.1) is 18.2 Å². The predicted molar refractivity (Wildman–Crippen MR) is 79.6 cm³/mol. The summed E-state index contributed by atoms with van der Waals surface area (Å²) in [6.45, 7) is 7.15. The van der Waals surface area contributed by atoms with Crippen LogP contribution >= 0.6 is 11.6 Å². The minimum atomic E-state index is -0.349. The normalized spacial score (nSPS) is 20.2. The van der Waals surface area contributed by atoms with E-state index in [1.807, 2.05) is 6.07 Å². The van der Waals surface area contributed by atoms with Gasteiger partial charge < -0.3 is 10.1 Å². The SMILES string of the molecule is CCCNCC1COCCN1Cc1ccc(Cl)c(F)c1. The standard InChI is InChI=1S/C15H22ClFN2O/c1-2-5-18-9-13-11-20-7-6-19(13)10-12-3-4-14(16)15(17)8-12/h3-4,8,13,18H,2,5-7,9-11H2,1H3. The summed E-state index contributed by atoms with van der Waals surface area (Å²) in [6.07, 6.45) is 1.12. The Balaban J connectivity index is 1.95. The predicted octanol–water partition coefficient (Wildman–Crippen LogP) is 2.68. The Morgan fingerprint density at radius 2 is 2.35 bits per heavy atom. The molecular weight excluding hydrogens is 279 g/mol. The van der Waals surface area contributed by atoms with Crippen LogP contribution in [0.25, 0.3) is 0 Å². The molecule has 0 amide bonds. The molecule has 112 valence electrons. The van der Waals surface area contributed by atoms with Crippen LogP contribution in [0.5, 0.6) is 0 Å². The average Bonchev–Trinajstić information content (AvgIpc) is 2.45. The highest BCUT2D eigenvalue weighted by atomic mass is 35.5. The number of nitrogens with zero attached hydrogens (tertiary/aromatic N) is 1. The second kappa shape index (κ2) is 7.93. The third-order valence-corrected chi connectivity index (χ3v) is 3.83. The Morgan fingerprint density at radius 3 is 3.10 bits per heavy atom. The quantitative estimate of drug-likeness (QED) is 0.818. The van der Waals surface area contributed by atoms with Crippen LogP contribution in [0.2, 0.25) is 5.02 Å². The van der Waals surface area contributed by atoms with Crippen molar-refractivity contribution >= 4 is 11.6 Å². The van der Waals surface area contributed by atoms with Crippen LogP contribution in [0.15, 0.2) is 18.2 Å². The molecule has 0 aromatic heterocycles. The molecule has 3 nitrogen and oxygen atoms in total. The van der Waals surface area contributed by atoms with Crippen LogP contribution in [0.1, 0.15) is 18.9 Å². The number of rotatable bonds is 6. The van der Waals surface area contributed by atoms with Gasteiger partial charge in [-0.3, -0.25) is 4.90 Å². The summed E-state index contributed by atoms with van der Waals surface area (Å²) in [5, 5.41) is 3.60. The topological polar surface area (TPSA) is 24.5 Å². The fraction of sp³-hybridized carbons (Fsp3) is 0.600. The van der Waals surface area contributed by atoms with Gasteiger partial charge in [-0.1, -0.05) is 24.6 Å². The van der Waals surface area contributed by atoms with E-state index in [0.717, 1.165) is 51.4 Å². The van der Waals surface area contributed by atoms with Crippen LogP contribution in [-0.4, -0.2) is 43.8 Å². The average molecular weight is 301 g/mol. The summed E-state index contributed by atoms with van der Waals surface area (Å²) in [4.78, 5) is 2.34. The molecule has 1 aromatic carbocycles. The molecule has 2 rings (SSSR count). The molecular formula is C15H22ClFN2O. The molecule has 1 N–H and O–H groups in total. The highest BCUT2D eigenvalue weighted by molar-refractivity contribution is 6.30. The van der Waals surface area contributed by atoms with E-state index in [2.05, 4.69) is 17.1 Å². The van der Waals surface area contributed by atoms with Gasteiger partial charge in [-0.15, -0.1) is 0 Å². The maximum atomic E-state index is 13.5. The van der Waals surface area contributed by atoms with Crippen molar-refractivity contribution in [2.45, 2.75) is 25.9 Å². The summed E-state index contributed by atoms with van der Waals surface area (Å²) < 4.78 is 19.0. The van der Waals surface area contributed by atoms with Crippen molar-refractivity contribution in [2.24, 2.45) is 0 Å². The first-order valence-electron chi connectivity index (χ1n) is 7.17. The summed E-state index contributed by atoms with van der Waals surface area (Å²) in [5.74, 6) is -0.349. The first-order valence-corrected chi connectivity index (χ1v) is 7.55. The lowest BCUT2D eigenvalue weighted by Gasteiger charge is -2.35. The molecule has 1 heterocycles. The van der Waals surface area contributed by atoms with E-state index in [0.29, 0.717) is 6.04 Å². The molecule has 20 heavy (non-hydrogen) atoms. The molecule has 1 saturated heterocycles. The second-order valence-electron chi connectivity index (χ2n) is 5.15. The van der Waals surface area contributed by atoms with Gasteiger partial charge in [-0.2, -0.15) is 0 Å². The largest absolute Gasteiger partial charge is 0.378 e. The van der Waals surface area contributed by atoms with Crippen molar-refractivity contribution in [1.29, 1.82) is 0 Å².